The van der Waals surface area contributed by atoms with Gasteiger partial charge in [-0.1, -0.05) is 24.6 Å². The van der Waals surface area contributed by atoms with Gasteiger partial charge in [-0.3, -0.25) is 0 Å². The second-order valence-corrected chi connectivity index (χ2v) is 3.51. The van der Waals surface area contributed by atoms with Crippen LogP contribution < -0.4 is 0 Å². The van der Waals surface area contributed by atoms with Crippen LogP contribution in [0.5, 0.6) is 0 Å². The van der Waals surface area contributed by atoms with E-state index in [1.165, 1.54) is 24.1 Å². The van der Waals surface area contributed by atoms with Gasteiger partial charge >= 0.3 is 0 Å². The van der Waals surface area contributed by atoms with E-state index >= 15 is 0 Å². The van der Waals surface area contributed by atoms with Crippen molar-refractivity contribution in [2.24, 2.45) is 0 Å². The molecule has 1 aliphatic carbocycles. The molecule has 11 heavy (non-hydrogen) atoms. The summed E-state index contributed by atoms with van der Waals surface area (Å²) < 4.78 is 0. The van der Waals surface area contributed by atoms with Gasteiger partial charge in [-0.2, -0.15) is 0 Å². The standard InChI is InChI=1S/C9H10ClN/c1-6-2-3-7-4-5-8(10)11-9(6)7/h4-6H,2-3H2,1H3/t6-/m0/s1. The lowest BCUT2D eigenvalue weighted by molar-refractivity contribution is 0.731. The Morgan fingerprint density at radius 2 is 2.36 bits per heavy atom. The van der Waals surface area contributed by atoms with Crippen LogP contribution >= 0.6 is 11.6 Å². The van der Waals surface area contributed by atoms with E-state index in [0.29, 0.717) is 11.1 Å². The van der Waals surface area contributed by atoms with Gasteiger partial charge in [-0.15, -0.1) is 0 Å². The Hall–Kier alpha value is -0.560. The second-order valence-electron chi connectivity index (χ2n) is 3.12. The summed E-state index contributed by atoms with van der Waals surface area (Å²) in [4.78, 5) is 4.30. The van der Waals surface area contributed by atoms with Crippen molar-refractivity contribution in [2.75, 3.05) is 0 Å². The van der Waals surface area contributed by atoms with E-state index in [4.69, 9.17) is 11.6 Å². The predicted molar refractivity (Wildman–Crippen MR) is 46.0 cm³/mol. The third kappa shape index (κ3) is 1.14. The van der Waals surface area contributed by atoms with Crippen LogP contribution in [0.3, 0.4) is 0 Å². The number of halogens is 1. The highest BCUT2D eigenvalue weighted by atomic mass is 35.5. The van der Waals surface area contributed by atoms with Crippen LogP contribution in [0.25, 0.3) is 0 Å². The second kappa shape index (κ2) is 2.49. The Bertz CT molecular complexity index is 283. The zero-order valence-electron chi connectivity index (χ0n) is 6.47. The lowest BCUT2D eigenvalue weighted by atomic mass is 10.1. The van der Waals surface area contributed by atoms with Crippen molar-refractivity contribution in [3.63, 3.8) is 0 Å². The summed E-state index contributed by atoms with van der Waals surface area (Å²) >= 11 is 5.78. The lowest BCUT2D eigenvalue weighted by Gasteiger charge is -2.01. The molecule has 0 aromatic carbocycles. The fraction of sp³-hybridized carbons (Fsp3) is 0.444. The number of hydrogen-bond donors (Lipinski definition) is 0. The Morgan fingerprint density at radius 3 is 3.18 bits per heavy atom. The zero-order chi connectivity index (χ0) is 7.84. The molecule has 1 aromatic rings. The SMILES string of the molecule is C[C@H]1CCc2ccc(Cl)nc21. The molecule has 0 saturated carbocycles. The number of hydrogen-bond acceptors (Lipinski definition) is 1. The quantitative estimate of drug-likeness (QED) is 0.542. The molecule has 0 N–H and O–H groups in total. The van der Waals surface area contributed by atoms with Crippen molar-refractivity contribution in [2.45, 2.75) is 25.7 Å². The molecule has 1 nitrogen and oxygen atoms in total. The van der Waals surface area contributed by atoms with Crippen molar-refractivity contribution in [3.05, 3.63) is 28.5 Å². The van der Waals surface area contributed by atoms with Gasteiger partial charge in [-0.05, 0) is 30.4 Å². The van der Waals surface area contributed by atoms with Gasteiger partial charge in [0.05, 0.1) is 0 Å². The fourth-order valence-corrected chi connectivity index (χ4v) is 1.78. The number of rotatable bonds is 0. The molecule has 2 rings (SSSR count). The number of aryl methyl sites for hydroxylation is 1. The van der Waals surface area contributed by atoms with Crippen molar-refractivity contribution in [3.8, 4) is 0 Å². The molecule has 0 amide bonds. The highest BCUT2D eigenvalue weighted by Gasteiger charge is 2.19. The number of nitrogens with zero attached hydrogens (tertiary/aromatic N) is 1. The number of fused-ring (bicyclic) bond motifs is 1. The molecule has 58 valence electrons. The summed E-state index contributed by atoms with van der Waals surface area (Å²) in [5, 5.41) is 0.623. The maximum absolute atomic E-state index is 5.78. The van der Waals surface area contributed by atoms with Crippen LogP contribution in [0.4, 0.5) is 0 Å². The monoisotopic (exact) mass is 167 g/mol. The Labute approximate surface area is 71.4 Å². The smallest absolute Gasteiger partial charge is 0.129 e. The Morgan fingerprint density at radius 1 is 1.55 bits per heavy atom. The zero-order valence-corrected chi connectivity index (χ0v) is 7.23. The van der Waals surface area contributed by atoms with E-state index in [2.05, 4.69) is 18.0 Å². The Kier molecular flexibility index (Phi) is 1.61. The molecule has 0 radical (unpaired) electrons. The van der Waals surface area contributed by atoms with Crippen molar-refractivity contribution >= 4 is 11.6 Å². The van der Waals surface area contributed by atoms with Crippen LogP contribution in [-0.4, -0.2) is 4.98 Å². The van der Waals surface area contributed by atoms with E-state index in [9.17, 15) is 0 Å². The highest BCUT2D eigenvalue weighted by Crippen LogP contribution is 2.31. The van der Waals surface area contributed by atoms with E-state index < -0.39 is 0 Å². The van der Waals surface area contributed by atoms with Gasteiger partial charge in [0.2, 0.25) is 0 Å². The first-order valence-electron chi connectivity index (χ1n) is 3.92. The molecular weight excluding hydrogens is 158 g/mol. The summed E-state index contributed by atoms with van der Waals surface area (Å²) in [5.74, 6) is 0.601. The molecule has 0 bridgehead atoms. The first kappa shape index (κ1) is 7.11. The van der Waals surface area contributed by atoms with E-state index in [0.717, 1.165) is 0 Å². The number of aromatic nitrogens is 1. The molecule has 1 heterocycles. The first-order valence-corrected chi connectivity index (χ1v) is 4.30. The average molecular weight is 168 g/mol. The van der Waals surface area contributed by atoms with Crippen LogP contribution in [-0.2, 0) is 6.42 Å². The Balaban J connectivity index is 2.52. The van der Waals surface area contributed by atoms with Crippen LogP contribution in [0.2, 0.25) is 5.15 Å². The highest BCUT2D eigenvalue weighted by molar-refractivity contribution is 6.29. The summed E-state index contributed by atoms with van der Waals surface area (Å²) in [6.07, 6.45) is 2.39. The molecule has 0 fully saturated rings. The molecule has 0 saturated heterocycles. The molecule has 0 spiro atoms. The molecule has 1 aromatic heterocycles. The fourth-order valence-electron chi connectivity index (χ4n) is 1.63. The van der Waals surface area contributed by atoms with Crippen LogP contribution in [0, 0.1) is 0 Å². The molecular formula is C9H10ClN. The third-order valence-corrected chi connectivity index (χ3v) is 2.50. The largest absolute Gasteiger partial charge is 0.241 e. The minimum absolute atomic E-state index is 0.601. The van der Waals surface area contributed by atoms with E-state index in [1.54, 1.807) is 0 Å². The predicted octanol–water partition coefficient (Wildman–Crippen LogP) is 2.78. The van der Waals surface area contributed by atoms with Gasteiger partial charge in [0.25, 0.3) is 0 Å². The number of pyridine rings is 1. The molecule has 0 unspecified atom stereocenters. The summed E-state index contributed by atoms with van der Waals surface area (Å²) in [7, 11) is 0. The molecule has 2 heteroatoms. The van der Waals surface area contributed by atoms with Gasteiger partial charge in [0.15, 0.2) is 0 Å². The van der Waals surface area contributed by atoms with Crippen molar-refractivity contribution < 1.29 is 0 Å². The summed E-state index contributed by atoms with van der Waals surface area (Å²) in [6.45, 7) is 2.20. The van der Waals surface area contributed by atoms with Crippen LogP contribution in [0.1, 0.15) is 30.5 Å². The third-order valence-electron chi connectivity index (χ3n) is 2.29. The van der Waals surface area contributed by atoms with Crippen LogP contribution in [0.15, 0.2) is 12.1 Å². The average Bonchev–Trinajstić information content (AvgIpc) is 2.33. The minimum Gasteiger partial charge on any atom is -0.241 e. The maximum Gasteiger partial charge on any atom is 0.129 e. The van der Waals surface area contributed by atoms with E-state index in [1.807, 2.05) is 6.07 Å². The summed E-state index contributed by atoms with van der Waals surface area (Å²) in [5.41, 5.74) is 2.58. The maximum atomic E-state index is 5.78. The van der Waals surface area contributed by atoms with Gasteiger partial charge in [-0.25, -0.2) is 4.98 Å². The van der Waals surface area contributed by atoms with Gasteiger partial charge in [0.1, 0.15) is 5.15 Å². The van der Waals surface area contributed by atoms with Crippen molar-refractivity contribution in [1.29, 1.82) is 0 Å². The lowest BCUT2D eigenvalue weighted by Crippen LogP contribution is -1.91. The minimum atomic E-state index is 0.601. The topological polar surface area (TPSA) is 12.9 Å². The molecule has 1 atom stereocenters. The normalized spacial score (nSPS) is 21.8. The molecule has 1 aliphatic rings. The molecule has 0 aliphatic heterocycles. The summed E-state index contributed by atoms with van der Waals surface area (Å²) in [6, 6.07) is 3.96. The van der Waals surface area contributed by atoms with Gasteiger partial charge < -0.3 is 0 Å². The van der Waals surface area contributed by atoms with E-state index in [-0.39, 0.29) is 0 Å². The van der Waals surface area contributed by atoms with Crippen molar-refractivity contribution in [1.82, 2.24) is 4.98 Å². The van der Waals surface area contributed by atoms with Gasteiger partial charge in [0, 0.05) is 5.69 Å². The first-order chi connectivity index (χ1) is 5.27.